The smallest absolute Gasteiger partial charge is 0.493 e. The number of fused-ring (bicyclic) bond motifs is 1. The number of para-hydroxylation sites is 2. The van der Waals surface area contributed by atoms with Crippen molar-refractivity contribution in [2.75, 3.05) is 0 Å². The number of aliphatic carboxylic acids is 1. The van der Waals surface area contributed by atoms with Crippen LogP contribution in [-0.4, -0.2) is 38.2 Å². The van der Waals surface area contributed by atoms with Crippen LogP contribution < -0.4 is 14.8 Å². The Labute approximate surface area is 173 Å². The molecule has 2 heterocycles. The van der Waals surface area contributed by atoms with E-state index in [1.807, 2.05) is 0 Å². The van der Waals surface area contributed by atoms with Crippen molar-refractivity contribution in [2.45, 2.75) is 18.8 Å². The van der Waals surface area contributed by atoms with Crippen LogP contribution >= 0.6 is 0 Å². The molecule has 0 fully saturated rings. The highest BCUT2D eigenvalue weighted by molar-refractivity contribution is 5.93. The molecule has 9 nitrogen and oxygen atoms in total. The molecule has 1 aliphatic rings. The van der Waals surface area contributed by atoms with Crippen molar-refractivity contribution in [1.82, 2.24) is 15.1 Å². The summed E-state index contributed by atoms with van der Waals surface area (Å²) in [5.74, 6) is -3.07. The van der Waals surface area contributed by atoms with Crippen LogP contribution in [0.25, 0.3) is 5.69 Å². The second kappa shape index (κ2) is 7.59. The fourth-order valence-electron chi connectivity index (χ4n) is 3.15. The summed E-state index contributed by atoms with van der Waals surface area (Å²) >= 11 is 0. The van der Waals surface area contributed by atoms with Gasteiger partial charge in [-0.2, -0.15) is 5.10 Å². The average Bonchev–Trinajstić information content (AvgIpc) is 3.25. The van der Waals surface area contributed by atoms with E-state index in [2.05, 4.69) is 19.9 Å². The van der Waals surface area contributed by atoms with Gasteiger partial charge in [-0.05, 0) is 18.2 Å². The number of aromatic nitrogens is 2. The molecule has 0 aliphatic carbocycles. The molecule has 1 amide bonds. The quantitative estimate of drug-likeness (QED) is 0.548. The first-order chi connectivity index (χ1) is 14.7. The predicted molar refractivity (Wildman–Crippen MR) is 100 cm³/mol. The summed E-state index contributed by atoms with van der Waals surface area (Å²) in [5, 5.41) is 25.8. The molecule has 0 saturated carbocycles. The van der Waals surface area contributed by atoms with E-state index in [-0.39, 0.29) is 28.6 Å². The standard InChI is InChI=1S/C20H15F2N3O6/c21-20(22)30-15-8-4-7-12(18(15)31-20)13(10-17(27)28)23-19(29)14-9-16(26)25(24-14)11-5-2-1-3-6-11/h1-9,13,26H,10H2,(H,23,29)(H,27,28). The maximum absolute atomic E-state index is 13.5. The van der Waals surface area contributed by atoms with Crippen molar-refractivity contribution < 1.29 is 38.1 Å². The Kier molecular flexibility index (Phi) is 4.93. The summed E-state index contributed by atoms with van der Waals surface area (Å²) in [7, 11) is 0. The summed E-state index contributed by atoms with van der Waals surface area (Å²) in [4.78, 5) is 24.1. The van der Waals surface area contributed by atoms with Gasteiger partial charge in [0.1, 0.15) is 0 Å². The normalized spacial score (nSPS) is 14.8. The molecule has 160 valence electrons. The first-order valence-electron chi connectivity index (χ1n) is 8.99. The van der Waals surface area contributed by atoms with Crippen molar-refractivity contribution in [2.24, 2.45) is 0 Å². The lowest BCUT2D eigenvalue weighted by Crippen LogP contribution is -2.31. The number of carbonyl (C=O) groups excluding carboxylic acids is 1. The highest BCUT2D eigenvalue weighted by Crippen LogP contribution is 2.45. The van der Waals surface area contributed by atoms with Crippen LogP contribution in [0.4, 0.5) is 8.78 Å². The van der Waals surface area contributed by atoms with Gasteiger partial charge in [-0.3, -0.25) is 9.59 Å². The van der Waals surface area contributed by atoms with E-state index in [1.165, 1.54) is 18.2 Å². The van der Waals surface area contributed by atoms with Gasteiger partial charge in [-0.15, -0.1) is 8.78 Å². The molecule has 2 aromatic carbocycles. The van der Waals surface area contributed by atoms with Crippen molar-refractivity contribution in [3.8, 4) is 23.1 Å². The monoisotopic (exact) mass is 431 g/mol. The zero-order valence-corrected chi connectivity index (χ0v) is 15.7. The molecule has 11 heteroatoms. The maximum atomic E-state index is 13.5. The van der Waals surface area contributed by atoms with Gasteiger partial charge in [-0.25, -0.2) is 4.68 Å². The predicted octanol–water partition coefficient (Wildman–Crippen LogP) is 2.85. The highest BCUT2D eigenvalue weighted by Gasteiger charge is 2.45. The number of carboxylic acids is 1. The summed E-state index contributed by atoms with van der Waals surface area (Å²) in [5.41, 5.74) is 0.291. The fourth-order valence-corrected chi connectivity index (χ4v) is 3.15. The van der Waals surface area contributed by atoms with Crippen molar-refractivity contribution in [3.63, 3.8) is 0 Å². The van der Waals surface area contributed by atoms with Crippen LogP contribution in [0.15, 0.2) is 54.6 Å². The Morgan fingerprint density at radius 3 is 2.58 bits per heavy atom. The molecular weight excluding hydrogens is 416 g/mol. The van der Waals surface area contributed by atoms with Gasteiger partial charge < -0.3 is 25.0 Å². The van der Waals surface area contributed by atoms with E-state index in [9.17, 15) is 28.6 Å². The molecule has 0 radical (unpaired) electrons. The van der Waals surface area contributed by atoms with Crippen LogP contribution in [0, 0.1) is 0 Å². The summed E-state index contributed by atoms with van der Waals surface area (Å²) < 4.78 is 37.0. The van der Waals surface area contributed by atoms with E-state index < -0.39 is 30.6 Å². The van der Waals surface area contributed by atoms with E-state index in [1.54, 1.807) is 30.3 Å². The molecule has 0 saturated heterocycles. The van der Waals surface area contributed by atoms with Gasteiger partial charge in [0.05, 0.1) is 18.2 Å². The van der Waals surface area contributed by atoms with Crippen LogP contribution in [0.3, 0.4) is 0 Å². The van der Waals surface area contributed by atoms with E-state index in [0.717, 1.165) is 10.7 Å². The van der Waals surface area contributed by atoms with Gasteiger partial charge in [0, 0.05) is 11.6 Å². The van der Waals surface area contributed by atoms with Crippen LogP contribution in [0.5, 0.6) is 17.4 Å². The molecule has 3 N–H and O–H groups in total. The number of nitrogens with one attached hydrogen (secondary N) is 1. The fraction of sp³-hybridized carbons (Fsp3) is 0.150. The molecule has 3 aromatic rings. The third kappa shape index (κ3) is 4.10. The van der Waals surface area contributed by atoms with Gasteiger partial charge in [-0.1, -0.05) is 30.3 Å². The van der Waals surface area contributed by atoms with Crippen molar-refractivity contribution >= 4 is 11.9 Å². The molecule has 1 atom stereocenters. The van der Waals surface area contributed by atoms with Crippen LogP contribution in [-0.2, 0) is 4.79 Å². The van der Waals surface area contributed by atoms with Crippen LogP contribution in [0.2, 0.25) is 0 Å². The maximum Gasteiger partial charge on any atom is 0.586 e. The number of ether oxygens (including phenoxy) is 2. The number of hydrogen-bond acceptors (Lipinski definition) is 6. The second-order valence-electron chi connectivity index (χ2n) is 6.60. The van der Waals surface area contributed by atoms with E-state index >= 15 is 0 Å². The topological polar surface area (TPSA) is 123 Å². The number of carbonyl (C=O) groups is 2. The van der Waals surface area contributed by atoms with Gasteiger partial charge in [0.2, 0.25) is 5.88 Å². The summed E-state index contributed by atoms with van der Waals surface area (Å²) in [6.07, 6.45) is -4.53. The zero-order chi connectivity index (χ0) is 22.2. The summed E-state index contributed by atoms with van der Waals surface area (Å²) in [6, 6.07) is 12.3. The highest BCUT2D eigenvalue weighted by atomic mass is 19.3. The lowest BCUT2D eigenvalue weighted by atomic mass is 10.0. The number of hydrogen-bond donors (Lipinski definition) is 3. The Hall–Kier alpha value is -4.15. The Morgan fingerprint density at radius 1 is 1.13 bits per heavy atom. The van der Waals surface area contributed by atoms with Crippen LogP contribution in [0.1, 0.15) is 28.5 Å². The number of aromatic hydroxyl groups is 1. The molecule has 0 bridgehead atoms. The first kappa shape index (κ1) is 20.1. The number of nitrogens with zero attached hydrogens (tertiary/aromatic N) is 2. The molecule has 0 spiro atoms. The average molecular weight is 431 g/mol. The molecular formula is C20H15F2N3O6. The minimum absolute atomic E-state index is 0.00265. The van der Waals surface area contributed by atoms with Crippen molar-refractivity contribution in [3.05, 3.63) is 65.9 Å². The molecule has 31 heavy (non-hydrogen) atoms. The van der Waals surface area contributed by atoms with Crippen molar-refractivity contribution in [1.29, 1.82) is 0 Å². The first-order valence-corrected chi connectivity index (χ1v) is 8.99. The zero-order valence-electron chi connectivity index (χ0n) is 15.7. The number of carboxylic acid groups (broad SMARTS) is 1. The Morgan fingerprint density at radius 2 is 1.87 bits per heavy atom. The minimum Gasteiger partial charge on any atom is -0.493 e. The van der Waals surface area contributed by atoms with Gasteiger partial charge in [0.15, 0.2) is 17.2 Å². The number of amides is 1. The van der Waals surface area contributed by atoms with E-state index in [4.69, 9.17) is 0 Å². The Bertz CT molecular complexity index is 1150. The van der Waals surface area contributed by atoms with E-state index in [0.29, 0.717) is 5.69 Å². The SMILES string of the molecule is O=C(O)CC(NC(=O)c1cc(O)n(-c2ccccc2)n1)c1cccc2c1OC(F)(F)O2. The molecule has 4 rings (SSSR count). The largest absolute Gasteiger partial charge is 0.586 e. The minimum atomic E-state index is -3.91. The van der Waals surface area contributed by atoms with Gasteiger partial charge in [0.25, 0.3) is 5.91 Å². The molecule has 1 aromatic heterocycles. The number of rotatable bonds is 6. The van der Waals surface area contributed by atoms with Gasteiger partial charge >= 0.3 is 12.3 Å². The third-order valence-electron chi connectivity index (χ3n) is 4.44. The number of halogens is 2. The summed E-state index contributed by atoms with van der Waals surface area (Å²) in [6.45, 7) is 0. The number of alkyl halides is 2. The number of benzene rings is 2. The lowest BCUT2D eigenvalue weighted by Gasteiger charge is -2.18. The lowest BCUT2D eigenvalue weighted by molar-refractivity contribution is -0.287. The molecule has 1 aliphatic heterocycles. The third-order valence-corrected chi connectivity index (χ3v) is 4.44. The Balaban J connectivity index is 1.63. The second-order valence-corrected chi connectivity index (χ2v) is 6.60. The molecule has 1 unspecified atom stereocenters.